The van der Waals surface area contributed by atoms with Crippen LogP contribution < -0.4 is 14.8 Å². The molecular weight excluding hydrogens is 302 g/mol. The van der Waals surface area contributed by atoms with Crippen LogP contribution in [0.1, 0.15) is 46.4 Å². The van der Waals surface area contributed by atoms with Gasteiger partial charge in [0, 0.05) is 5.56 Å². The average molecular weight is 327 g/mol. The number of aryl methyl sites for hydroxylation is 2. The third kappa shape index (κ3) is 3.88. The van der Waals surface area contributed by atoms with Crippen molar-refractivity contribution >= 4 is 5.91 Å². The summed E-state index contributed by atoms with van der Waals surface area (Å²) in [6, 6.07) is 11.6. The van der Waals surface area contributed by atoms with Crippen molar-refractivity contribution in [3.63, 3.8) is 0 Å². The molecule has 1 amide bonds. The highest BCUT2D eigenvalue weighted by Crippen LogP contribution is 2.31. The number of nitrogens with one attached hydrogen (secondary N) is 1. The van der Waals surface area contributed by atoms with Crippen molar-refractivity contribution in [2.45, 2.75) is 33.2 Å². The monoisotopic (exact) mass is 327 g/mol. The van der Waals surface area contributed by atoms with Crippen LogP contribution in [0.3, 0.4) is 0 Å². The lowest BCUT2D eigenvalue weighted by Gasteiger charge is -2.20. The standard InChI is InChI=1S/C20H25NO3/c1-6-17(15-9-10-18(23-4)19(12-15)24-5)21-20(22)16-11-13(2)7-8-14(16)3/h7-12,17H,6H2,1-5H3,(H,21,22)/t17-/m0/s1. The molecule has 2 aromatic rings. The van der Waals surface area contributed by atoms with Crippen molar-refractivity contribution in [2.75, 3.05) is 14.2 Å². The number of benzene rings is 2. The Kier molecular flexibility index (Phi) is 5.85. The molecule has 0 heterocycles. The molecule has 4 heteroatoms. The van der Waals surface area contributed by atoms with Gasteiger partial charge in [0.1, 0.15) is 0 Å². The summed E-state index contributed by atoms with van der Waals surface area (Å²) in [5.41, 5.74) is 3.76. The zero-order valence-electron chi connectivity index (χ0n) is 15.0. The van der Waals surface area contributed by atoms with Gasteiger partial charge in [0.2, 0.25) is 0 Å². The largest absolute Gasteiger partial charge is 0.493 e. The summed E-state index contributed by atoms with van der Waals surface area (Å²) in [6.07, 6.45) is 0.784. The van der Waals surface area contributed by atoms with E-state index in [1.165, 1.54) is 0 Å². The Morgan fingerprint density at radius 1 is 1.04 bits per heavy atom. The van der Waals surface area contributed by atoms with E-state index in [9.17, 15) is 4.79 Å². The molecule has 0 fully saturated rings. The average Bonchev–Trinajstić information content (AvgIpc) is 2.60. The van der Waals surface area contributed by atoms with Gasteiger partial charge in [-0.05, 0) is 49.6 Å². The fraction of sp³-hybridized carbons (Fsp3) is 0.350. The molecule has 0 radical (unpaired) electrons. The molecule has 2 aromatic carbocycles. The predicted octanol–water partition coefficient (Wildman–Crippen LogP) is 4.20. The summed E-state index contributed by atoms with van der Waals surface area (Å²) in [6.45, 7) is 5.98. The van der Waals surface area contributed by atoms with Gasteiger partial charge in [-0.25, -0.2) is 0 Å². The van der Waals surface area contributed by atoms with Gasteiger partial charge in [-0.2, -0.15) is 0 Å². The second kappa shape index (κ2) is 7.86. The second-order valence-corrected chi connectivity index (χ2v) is 5.87. The molecule has 0 aliphatic heterocycles. The molecule has 2 rings (SSSR count). The summed E-state index contributed by atoms with van der Waals surface area (Å²) in [5.74, 6) is 1.28. The van der Waals surface area contributed by atoms with Crippen LogP contribution >= 0.6 is 0 Å². The molecule has 0 unspecified atom stereocenters. The molecular formula is C20H25NO3. The van der Waals surface area contributed by atoms with E-state index in [1.54, 1.807) is 14.2 Å². The highest BCUT2D eigenvalue weighted by atomic mass is 16.5. The van der Waals surface area contributed by atoms with E-state index < -0.39 is 0 Å². The molecule has 0 aliphatic carbocycles. The second-order valence-electron chi connectivity index (χ2n) is 5.87. The third-order valence-electron chi connectivity index (χ3n) is 4.16. The Balaban J connectivity index is 2.26. The molecule has 1 atom stereocenters. The van der Waals surface area contributed by atoms with Crippen LogP contribution in [0.2, 0.25) is 0 Å². The van der Waals surface area contributed by atoms with Crippen molar-refractivity contribution in [3.8, 4) is 11.5 Å². The van der Waals surface area contributed by atoms with Crippen LogP contribution in [-0.4, -0.2) is 20.1 Å². The molecule has 1 N–H and O–H groups in total. The van der Waals surface area contributed by atoms with Gasteiger partial charge in [-0.1, -0.05) is 30.7 Å². The number of carbonyl (C=O) groups is 1. The highest BCUT2D eigenvalue weighted by Gasteiger charge is 2.17. The molecule has 0 bridgehead atoms. The number of amides is 1. The van der Waals surface area contributed by atoms with Gasteiger partial charge in [0.25, 0.3) is 5.91 Å². The van der Waals surface area contributed by atoms with E-state index in [1.807, 2.05) is 57.2 Å². The molecule has 0 aliphatic rings. The minimum atomic E-state index is -0.0859. The Morgan fingerprint density at radius 2 is 1.75 bits per heavy atom. The van der Waals surface area contributed by atoms with Gasteiger partial charge in [0.15, 0.2) is 11.5 Å². The van der Waals surface area contributed by atoms with Gasteiger partial charge >= 0.3 is 0 Å². The van der Waals surface area contributed by atoms with E-state index in [2.05, 4.69) is 5.32 Å². The summed E-state index contributed by atoms with van der Waals surface area (Å²) >= 11 is 0. The SMILES string of the molecule is CC[C@H](NC(=O)c1cc(C)ccc1C)c1ccc(OC)c(OC)c1. The molecule has 0 aromatic heterocycles. The first-order valence-corrected chi connectivity index (χ1v) is 8.10. The van der Waals surface area contributed by atoms with Crippen LogP contribution in [0.5, 0.6) is 11.5 Å². The smallest absolute Gasteiger partial charge is 0.252 e. The molecule has 4 nitrogen and oxygen atoms in total. The molecule has 128 valence electrons. The summed E-state index contributed by atoms with van der Waals surface area (Å²) < 4.78 is 10.6. The number of carbonyl (C=O) groups excluding carboxylic acids is 1. The van der Waals surface area contributed by atoms with Gasteiger partial charge in [0.05, 0.1) is 20.3 Å². The fourth-order valence-electron chi connectivity index (χ4n) is 2.71. The Hall–Kier alpha value is -2.49. The van der Waals surface area contributed by atoms with E-state index in [4.69, 9.17) is 9.47 Å². The van der Waals surface area contributed by atoms with Crippen LogP contribution in [0.25, 0.3) is 0 Å². The molecule has 0 saturated carbocycles. The first kappa shape index (κ1) is 17.9. The topological polar surface area (TPSA) is 47.6 Å². The van der Waals surface area contributed by atoms with Gasteiger partial charge < -0.3 is 14.8 Å². The maximum Gasteiger partial charge on any atom is 0.252 e. The first-order chi connectivity index (χ1) is 11.5. The lowest BCUT2D eigenvalue weighted by Crippen LogP contribution is -2.28. The van der Waals surface area contributed by atoms with E-state index in [0.717, 1.165) is 23.1 Å². The van der Waals surface area contributed by atoms with Gasteiger partial charge in [-0.3, -0.25) is 4.79 Å². The Bertz CT molecular complexity index is 725. The zero-order chi connectivity index (χ0) is 17.7. The van der Waals surface area contributed by atoms with Crippen molar-refractivity contribution in [3.05, 3.63) is 58.7 Å². The maximum absolute atomic E-state index is 12.7. The summed E-state index contributed by atoms with van der Waals surface area (Å²) in [7, 11) is 3.22. The molecule has 24 heavy (non-hydrogen) atoms. The quantitative estimate of drug-likeness (QED) is 0.865. The van der Waals surface area contributed by atoms with Crippen LogP contribution in [0.15, 0.2) is 36.4 Å². The normalized spacial score (nSPS) is 11.7. The van der Waals surface area contributed by atoms with Crippen LogP contribution in [0.4, 0.5) is 0 Å². The number of hydrogen-bond acceptors (Lipinski definition) is 3. The number of rotatable bonds is 6. The molecule has 0 saturated heterocycles. The highest BCUT2D eigenvalue weighted by molar-refractivity contribution is 5.96. The minimum Gasteiger partial charge on any atom is -0.493 e. The van der Waals surface area contributed by atoms with Crippen LogP contribution in [0, 0.1) is 13.8 Å². The minimum absolute atomic E-state index is 0.0576. The Morgan fingerprint density at radius 3 is 2.38 bits per heavy atom. The van der Waals surface area contributed by atoms with Crippen molar-refractivity contribution in [2.24, 2.45) is 0 Å². The van der Waals surface area contributed by atoms with Gasteiger partial charge in [-0.15, -0.1) is 0 Å². The van der Waals surface area contributed by atoms with Crippen molar-refractivity contribution < 1.29 is 14.3 Å². The van der Waals surface area contributed by atoms with E-state index >= 15 is 0 Å². The number of hydrogen-bond donors (Lipinski definition) is 1. The summed E-state index contributed by atoms with van der Waals surface area (Å²) in [5, 5.41) is 3.12. The third-order valence-corrected chi connectivity index (χ3v) is 4.16. The van der Waals surface area contributed by atoms with E-state index in [-0.39, 0.29) is 11.9 Å². The molecule has 0 spiro atoms. The first-order valence-electron chi connectivity index (χ1n) is 8.10. The fourth-order valence-corrected chi connectivity index (χ4v) is 2.71. The number of ether oxygens (including phenoxy) is 2. The maximum atomic E-state index is 12.7. The lowest BCUT2D eigenvalue weighted by atomic mass is 10.0. The van der Waals surface area contributed by atoms with Crippen LogP contribution in [-0.2, 0) is 0 Å². The van der Waals surface area contributed by atoms with Crippen molar-refractivity contribution in [1.29, 1.82) is 0 Å². The summed E-state index contributed by atoms with van der Waals surface area (Å²) in [4.78, 5) is 12.7. The zero-order valence-corrected chi connectivity index (χ0v) is 15.0. The predicted molar refractivity (Wildman–Crippen MR) is 96.0 cm³/mol. The lowest BCUT2D eigenvalue weighted by molar-refractivity contribution is 0.0935. The Labute approximate surface area is 143 Å². The number of methoxy groups -OCH3 is 2. The van der Waals surface area contributed by atoms with E-state index in [0.29, 0.717) is 17.1 Å². The van der Waals surface area contributed by atoms with Crippen molar-refractivity contribution in [1.82, 2.24) is 5.32 Å².